The molecule has 1 aliphatic carbocycles. The van der Waals surface area contributed by atoms with Crippen LogP contribution in [0.1, 0.15) is 18.5 Å². The molecule has 1 fully saturated rings. The van der Waals surface area contributed by atoms with Crippen molar-refractivity contribution >= 4 is 11.5 Å². The van der Waals surface area contributed by atoms with E-state index < -0.39 is 4.92 Å². The SMILES string of the molecule is Cc1nn(C)c(NCC2(CO)CC2)c1[N+](=O)[O-]. The first-order valence-electron chi connectivity index (χ1n) is 5.52. The first-order valence-corrected chi connectivity index (χ1v) is 5.52. The van der Waals surface area contributed by atoms with Crippen molar-refractivity contribution in [3.8, 4) is 0 Å². The van der Waals surface area contributed by atoms with Crippen molar-refractivity contribution in [2.75, 3.05) is 18.5 Å². The van der Waals surface area contributed by atoms with Crippen molar-refractivity contribution in [3.05, 3.63) is 15.8 Å². The van der Waals surface area contributed by atoms with Gasteiger partial charge in [-0.1, -0.05) is 0 Å². The summed E-state index contributed by atoms with van der Waals surface area (Å²) in [6.45, 7) is 2.27. The lowest BCUT2D eigenvalue weighted by atomic mass is 10.1. The minimum atomic E-state index is -0.427. The van der Waals surface area contributed by atoms with E-state index in [4.69, 9.17) is 0 Å². The van der Waals surface area contributed by atoms with E-state index in [9.17, 15) is 15.2 Å². The van der Waals surface area contributed by atoms with E-state index >= 15 is 0 Å². The second kappa shape index (κ2) is 3.99. The summed E-state index contributed by atoms with van der Waals surface area (Å²) in [7, 11) is 1.67. The zero-order chi connectivity index (χ0) is 12.6. The van der Waals surface area contributed by atoms with Gasteiger partial charge in [0.2, 0.25) is 5.82 Å². The van der Waals surface area contributed by atoms with Crippen LogP contribution in [0.25, 0.3) is 0 Å². The molecule has 1 aliphatic rings. The Kier molecular flexibility index (Phi) is 2.78. The summed E-state index contributed by atoms with van der Waals surface area (Å²) in [5.74, 6) is 0.409. The standard InChI is InChI=1S/C10H16N4O3/c1-7-8(14(16)17)9(13(2)12-7)11-5-10(6-15)3-4-10/h11,15H,3-6H2,1-2H3. The van der Waals surface area contributed by atoms with Gasteiger partial charge in [-0.2, -0.15) is 5.10 Å². The summed E-state index contributed by atoms with van der Waals surface area (Å²) >= 11 is 0. The molecule has 0 saturated heterocycles. The second-order valence-electron chi connectivity index (χ2n) is 4.68. The summed E-state index contributed by atoms with van der Waals surface area (Å²) in [4.78, 5) is 10.5. The molecule has 1 aromatic heterocycles. The van der Waals surface area contributed by atoms with Crippen molar-refractivity contribution in [2.45, 2.75) is 19.8 Å². The Balaban J connectivity index is 2.17. The molecule has 94 valence electrons. The third-order valence-electron chi connectivity index (χ3n) is 3.30. The Morgan fingerprint density at radius 3 is 2.76 bits per heavy atom. The quantitative estimate of drug-likeness (QED) is 0.587. The molecule has 1 saturated carbocycles. The molecular formula is C10H16N4O3. The molecule has 1 heterocycles. The smallest absolute Gasteiger partial charge is 0.333 e. The van der Waals surface area contributed by atoms with Gasteiger partial charge in [-0.25, -0.2) is 4.68 Å². The number of nitrogens with one attached hydrogen (secondary N) is 1. The third-order valence-corrected chi connectivity index (χ3v) is 3.30. The van der Waals surface area contributed by atoms with Crippen molar-refractivity contribution in [1.82, 2.24) is 9.78 Å². The van der Waals surface area contributed by atoms with Gasteiger partial charge in [-0.15, -0.1) is 0 Å². The average molecular weight is 240 g/mol. The van der Waals surface area contributed by atoms with Crippen LogP contribution in [0.5, 0.6) is 0 Å². The first kappa shape index (κ1) is 11.8. The monoisotopic (exact) mass is 240 g/mol. The summed E-state index contributed by atoms with van der Waals surface area (Å²) in [5.41, 5.74) is 0.321. The molecule has 0 unspecified atom stereocenters. The lowest BCUT2D eigenvalue weighted by Crippen LogP contribution is -2.20. The van der Waals surface area contributed by atoms with E-state index in [2.05, 4.69) is 10.4 Å². The first-order chi connectivity index (χ1) is 7.99. The molecule has 0 radical (unpaired) electrons. The van der Waals surface area contributed by atoms with E-state index in [1.54, 1.807) is 14.0 Å². The van der Waals surface area contributed by atoms with Crippen LogP contribution >= 0.6 is 0 Å². The Labute approximate surface area is 98.6 Å². The van der Waals surface area contributed by atoms with Crippen LogP contribution < -0.4 is 5.32 Å². The number of rotatable bonds is 5. The Hall–Kier alpha value is -1.63. The van der Waals surface area contributed by atoms with Gasteiger partial charge in [0.15, 0.2) is 0 Å². The Morgan fingerprint density at radius 2 is 2.29 bits per heavy atom. The van der Waals surface area contributed by atoms with Crippen LogP contribution in [-0.4, -0.2) is 33.0 Å². The molecular weight excluding hydrogens is 224 g/mol. The molecule has 2 N–H and O–H groups in total. The summed E-state index contributed by atoms with van der Waals surface area (Å²) < 4.78 is 1.47. The fourth-order valence-corrected chi connectivity index (χ4v) is 1.90. The molecule has 0 aromatic carbocycles. The van der Waals surface area contributed by atoms with E-state index in [1.807, 2.05) is 0 Å². The molecule has 17 heavy (non-hydrogen) atoms. The van der Waals surface area contributed by atoms with Gasteiger partial charge in [-0.05, 0) is 19.8 Å². The molecule has 0 amide bonds. The van der Waals surface area contributed by atoms with Crippen LogP contribution in [0.2, 0.25) is 0 Å². The van der Waals surface area contributed by atoms with Crippen molar-refractivity contribution in [1.29, 1.82) is 0 Å². The van der Waals surface area contributed by atoms with E-state index in [1.165, 1.54) is 4.68 Å². The van der Waals surface area contributed by atoms with E-state index in [0.717, 1.165) is 12.8 Å². The highest BCUT2D eigenvalue weighted by Crippen LogP contribution is 2.45. The number of aliphatic hydroxyl groups is 1. The van der Waals surface area contributed by atoms with Crippen LogP contribution in [0, 0.1) is 22.5 Å². The molecule has 7 nitrogen and oxygen atoms in total. The average Bonchev–Trinajstić information content (AvgIpc) is 2.97. The normalized spacial score (nSPS) is 16.9. The van der Waals surface area contributed by atoms with E-state index in [-0.39, 0.29) is 17.7 Å². The van der Waals surface area contributed by atoms with Gasteiger partial charge < -0.3 is 10.4 Å². The van der Waals surface area contributed by atoms with Crippen molar-refractivity contribution in [2.24, 2.45) is 12.5 Å². The maximum absolute atomic E-state index is 10.9. The third kappa shape index (κ3) is 2.10. The van der Waals surface area contributed by atoms with Gasteiger partial charge in [-0.3, -0.25) is 10.1 Å². The fourth-order valence-electron chi connectivity index (χ4n) is 1.90. The molecule has 1 aromatic rings. The number of hydrogen-bond donors (Lipinski definition) is 2. The molecule has 7 heteroatoms. The molecule has 0 bridgehead atoms. The number of aryl methyl sites for hydroxylation is 2. The van der Waals surface area contributed by atoms with Crippen LogP contribution in [0.4, 0.5) is 11.5 Å². The van der Waals surface area contributed by atoms with E-state index in [0.29, 0.717) is 18.1 Å². The Morgan fingerprint density at radius 1 is 1.65 bits per heavy atom. The topological polar surface area (TPSA) is 93.2 Å². The Bertz CT molecular complexity index is 451. The largest absolute Gasteiger partial charge is 0.396 e. The maximum Gasteiger partial charge on any atom is 0.333 e. The number of hydrogen-bond acceptors (Lipinski definition) is 5. The van der Waals surface area contributed by atoms with Crippen LogP contribution in [-0.2, 0) is 7.05 Å². The maximum atomic E-state index is 10.9. The van der Waals surface area contributed by atoms with Gasteiger partial charge >= 0.3 is 5.69 Å². The lowest BCUT2D eigenvalue weighted by Gasteiger charge is -2.13. The van der Waals surface area contributed by atoms with Crippen molar-refractivity contribution < 1.29 is 10.0 Å². The van der Waals surface area contributed by atoms with Gasteiger partial charge in [0.1, 0.15) is 5.69 Å². The van der Waals surface area contributed by atoms with Crippen molar-refractivity contribution in [3.63, 3.8) is 0 Å². The lowest BCUT2D eigenvalue weighted by molar-refractivity contribution is -0.384. The number of nitro groups is 1. The fraction of sp³-hybridized carbons (Fsp3) is 0.700. The number of nitrogens with zero attached hydrogens (tertiary/aromatic N) is 3. The molecule has 0 aliphatic heterocycles. The molecule has 0 spiro atoms. The predicted molar refractivity (Wildman–Crippen MR) is 61.8 cm³/mol. The molecule has 2 rings (SSSR count). The highest BCUT2D eigenvalue weighted by molar-refractivity contribution is 5.59. The zero-order valence-electron chi connectivity index (χ0n) is 9.93. The van der Waals surface area contributed by atoms with Crippen LogP contribution in [0.15, 0.2) is 0 Å². The molecule has 0 atom stereocenters. The number of anilines is 1. The minimum absolute atomic E-state index is 0.0150. The summed E-state index contributed by atoms with van der Waals surface area (Å²) in [5, 5.41) is 27.2. The number of aliphatic hydroxyl groups excluding tert-OH is 1. The highest BCUT2D eigenvalue weighted by atomic mass is 16.6. The minimum Gasteiger partial charge on any atom is -0.396 e. The highest BCUT2D eigenvalue weighted by Gasteiger charge is 2.42. The number of aromatic nitrogens is 2. The van der Waals surface area contributed by atoms with Crippen LogP contribution in [0.3, 0.4) is 0 Å². The predicted octanol–water partition coefficient (Wildman–Crippen LogP) is 0.821. The van der Waals surface area contributed by atoms with Gasteiger partial charge in [0.25, 0.3) is 0 Å². The summed E-state index contributed by atoms with van der Waals surface area (Å²) in [6.07, 6.45) is 1.92. The second-order valence-corrected chi connectivity index (χ2v) is 4.68. The summed E-state index contributed by atoms with van der Waals surface area (Å²) in [6, 6.07) is 0. The zero-order valence-corrected chi connectivity index (χ0v) is 9.93. The van der Waals surface area contributed by atoms with Gasteiger partial charge in [0.05, 0.1) is 11.5 Å². The van der Waals surface area contributed by atoms with Gasteiger partial charge in [0, 0.05) is 19.0 Å².